The Morgan fingerprint density at radius 2 is 2.39 bits per heavy atom. The second-order valence-corrected chi connectivity index (χ2v) is 5.12. The van der Waals surface area contributed by atoms with Gasteiger partial charge in [-0.2, -0.15) is 0 Å². The third-order valence-electron chi connectivity index (χ3n) is 2.44. The molecule has 6 nitrogen and oxygen atoms in total. The van der Waals surface area contributed by atoms with Crippen molar-refractivity contribution in [3.8, 4) is 0 Å². The lowest BCUT2D eigenvalue weighted by Crippen LogP contribution is -2.37. The summed E-state index contributed by atoms with van der Waals surface area (Å²) in [7, 11) is 0. The number of anilines is 1. The number of rotatable bonds is 3. The van der Waals surface area contributed by atoms with Crippen LogP contribution >= 0.6 is 23.4 Å². The van der Waals surface area contributed by atoms with Crippen molar-refractivity contribution in [2.24, 2.45) is 0 Å². The van der Waals surface area contributed by atoms with E-state index in [2.05, 4.69) is 10.6 Å². The van der Waals surface area contributed by atoms with Gasteiger partial charge in [-0.15, -0.1) is 11.8 Å². The van der Waals surface area contributed by atoms with Gasteiger partial charge in [0.1, 0.15) is 5.02 Å². The van der Waals surface area contributed by atoms with Gasteiger partial charge in [-0.3, -0.25) is 20.2 Å². The number of amides is 1. The largest absolute Gasteiger partial charge is 0.325 e. The summed E-state index contributed by atoms with van der Waals surface area (Å²) in [4.78, 5) is 21.8. The molecule has 1 unspecified atom stereocenters. The fraction of sp³-hybridized carbons (Fsp3) is 0.300. The number of halogens is 1. The Bertz CT molecular complexity index is 491. The van der Waals surface area contributed by atoms with Crippen LogP contribution in [0.1, 0.15) is 0 Å². The van der Waals surface area contributed by atoms with Crippen LogP contribution in [0.3, 0.4) is 0 Å². The molecule has 2 rings (SSSR count). The average Bonchev–Trinajstić information content (AvgIpc) is 2.81. The molecule has 1 atom stereocenters. The molecule has 96 valence electrons. The van der Waals surface area contributed by atoms with E-state index in [9.17, 15) is 14.9 Å². The molecule has 0 saturated carbocycles. The summed E-state index contributed by atoms with van der Waals surface area (Å²) in [5.74, 6) is 1.30. The quantitative estimate of drug-likeness (QED) is 0.655. The molecule has 2 N–H and O–H groups in total. The van der Waals surface area contributed by atoms with Gasteiger partial charge in [-0.05, 0) is 12.1 Å². The molecular formula is C10H10ClN3O3S. The van der Waals surface area contributed by atoms with Crippen LogP contribution < -0.4 is 10.6 Å². The molecule has 0 aromatic heterocycles. The van der Waals surface area contributed by atoms with E-state index < -0.39 is 4.92 Å². The van der Waals surface area contributed by atoms with E-state index in [0.717, 1.165) is 5.88 Å². The molecular weight excluding hydrogens is 278 g/mol. The highest BCUT2D eigenvalue weighted by Crippen LogP contribution is 2.27. The van der Waals surface area contributed by atoms with Crippen LogP contribution in [-0.4, -0.2) is 28.5 Å². The number of hydrogen-bond acceptors (Lipinski definition) is 5. The molecule has 0 aliphatic carbocycles. The molecule has 1 aromatic carbocycles. The molecule has 1 aliphatic heterocycles. The number of carbonyl (C=O) groups excluding carboxylic acids is 1. The Balaban J connectivity index is 2.07. The smallest absolute Gasteiger partial charge is 0.288 e. The second-order valence-electron chi connectivity index (χ2n) is 3.68. The molecule has 1 aliphatic rings. The maximum Gasteiger partial charge on any atom is 0.288 e. The maximum absolute atomic E-state index is 11.8. The SMILES string of the molecule is O=C(Nc1ccc([N+](=O)[O-])c(Cl)c1)C1CSCN1. The van der Waals surface area contributed by atoms with Crippen LogP contribution in [0.5, 0.6) is 0 Å². The molecule has 1 saturated heterocycles. The van der Waals surface area contributed by atoms with Crippen molar-refractivity contribution < 1.29 is 9.72 Å². The third-order valence-corrected chi connectivity index (χ3v) is 3.69. The maximum atomic E-state index is 11.8. The first-order chi connectivity index (χ1) is 8.58. The minimum atomic E-state index is -0.566. The van der Waals surface area contributed by atoms with E-state index >= 15 is 0 Å². The summed E-state index contributed by atoms with van der Waals surface area (Å²) in [6.45, 7) is 0. The Morgan fingerprint density at radius 1 is 1.61 bits per heavy atom. The van der Waals surface area contributed by atoms with E-state index in [4.69, 9.17) is 11.6 Å². The first-order valence-electron chi connectivity index (χ1n) is 5.14. The number of nitrogens with zero attached hydrogens (tertiary/aromatic N) is 1. The molecule has 1 heterocycles. The monoisotopic (exact) mass is 287 g/mol. The highest BCUT2D eigenvalue weighted by atomic mass is 35.5. The van der Waals surface area contributed by atoms with Crippen LogP contribution in [-0.2, 0) is 4.79 Å². The zero-order chi connectivity index (χ0) is 13.1. The van der Waals surface area contributed by atoms with Gasteiger partial charge in [0.25, 0.3) is 5.69 Å². The van der Waals surface area contributed by atoms with Crippen molar-refractivity contribution in [1.82, 2.24) is 5.32 Å². The zero-order valence-corrected chi connectivity index (χ0v) is 10.8. The van der Waals surface area contributed by atoms with Crippen molar-refractivity contribution in [2.75, 3.05) is 16.9 Å². The minimum Gasteiger partial charge on any atom is -0.325 e. The predicted octanol–water partition coefficient (Wildman–Crippen LogP) is 1.85. The molecule has 1 amide bonds. The average molecular weight is 288 g/mol. The van der Waals surface area contributed by atoms with Gasteiger partial charge in [0, 0.05) is 23.4 Å². The normalized spacial score (nSPS) is 18.6. The fourth-order valence-corrected chi connectivity index (χ4v) is 2.72. The summed E-state index contributed by atoms with van der Waals surface area (Å²) in [5.41, 5.74) is 0.276. The van der Waals surface area contributed by atoms with Crippen molar-refractivity contribution in [1.29, 1.82) is 0 Å². The summed E-state index contributed by atoms with van der Waals surface area (Å²) in [6.07, 6.45) is 0. The lowest BCUT2D eigenvalue weighted by molar-refractivity contribution is -0.384. The molecule has 0 radical (unpaired) electrons. The van der Waals surface area contributed by atoms with E-state index in [1.165, 1.54) is 18.2 Å². The molecule has 1 fully saturated rings. The lowest BCUT2D eigenvalue weighted by Gasteiger charge is -2.10. The summed E-state index contributed by atoms with van der Waals surface area (Å²) >= 11 is 7.40. The van der Waals surface area contributed by atoms with E-state index in [1.807, 2.05) is 0 Å². The van der Waals surface area contributed by atoms with Gasteiger partial charge in [0.2, 0.25) is 5.91 Å². The van der Waals surface area contributed by atoms with Gasteiger partial charge in [-0.25, -0.2) is 0 Å². The van der Waals surface area contributed by atoms with Gasteiger partial charge in [0.15, 0.2) is 0 Å². The van der Waals surface area contributed by atoms with E-state index in [1.54, 1.807) is 11.8 Å². The van der Waals surface area contributed by atoms with Crippen molar-refractivity contribution in [3.05, 3.63) is 33.3 Å². The summed E-state index contributed by atoms with van der Waals surface area (Å²) in [6, 6.07) is 3.88. The van der Waals surface area contributed by atoms with Crippen LogP contribution in [0.4, 0.5) is 11.4 Å². The van der Waals surface area contributed by atoms with Gasteiger partial charge < -0.3 is 5.32 Å². The topological polar surface area (TPSA) is 84.3 Å². The second kappa shape index (κ2) is 5.55. The number of benzene rings is 1. The van der Waals surface area contributed by atoms with Crippen LogP contribution in [0, 0.1) is 10.1 Å². The summed E-state index contributed by atoms with van der Waals surface area (Å²) in [5, 5.41) is 16.3. The molecule has 0 bridgehead atoms. The first kappa shape index (κ1) is 13.1. The Labute approximate surface area is 112 Å². The summed E-state index contributed by atoms with van der Waals surface area (Å²) < 4.78 is 0. The fourth-order valence-electron chi connectivity index (χ4n) is 1.53. The van der Waals surface area contributed by atoms with Crippen LogP contribution in [0.15, 0.2) is 18.2 Å². The number of hydrogen-bond donors (Lipinski definition) is 2. The highest BCUT2D eigenvalue weighted by molar-refractivity contribution is 7.99. The number of nitro benzene ring substituents is 1. The van der Waals surface area contributed by atoms with Crippen LogP contribution in [0.25, 0.3) is 0 Å². The number of nitrogens with one attached hydrogen (secondary N) is 2. The van der Waals surface area contributed by atoms with Gasteiger partial charge in [0.05, 0.1) is 11.0 Å². The third kappa shape index (κ3) is 2.92. The van der Waals surface area contributed by atoms with Gasteiger partial charge >= 0.3 is 0 Å². The highest BCUT2D eigenvalue weighted by Gasteiger charge is 2.23. The standard InChI is InChI=1S/C10H10ClN3O3S/c11-7-3-6(1-2-9(7)14(16)17)13-10(15)8-4-18-5-12-8/h1-3,8,12H,4-5H2,(H,13,15). The van der Waals surface area contributed by atoms with Crippen molar-refractivity contribution in [2.45, 2.75) is 6.04 Å². The first-order valence-corrected chi connectivity index (χ1v) is 6.67. The Kier molecular flexibility index (Phi) is 4.05. The number of carbonyl (C=O) groups is 1. The van der Waals surface area contributed by atoms with E-state index in [-0.39, 0.29) is 22.7 Å². The number of nitro groups is 1. The van der Waals surface area contributed by atoms with Crippen LogP contribution in [0.2, 0.25) is 5.02 Å². The van der Waals surface area contributed by atoms with Gasteiger partial charge in [-0.1, -0.05) is 11.6 Å². The Morgan fingerprint density at radius 3 is 2.94 bits per heavy atom. The molecule has 0 spiro atoms. The Hall–Kier alpha value is -1.31. The van der Waals surface area contributed by atoms with Crippen molar-refractivity contribution in [3.63, 3.8) is 0 Å². The lowest BCUT2D eigenvalue weighted by atomic mass is 10.2. The molecule has 18 heavy (non-hydrogen) atoms. The van der Waals surface area contributed by atoms with E-state index in [0.29, 0.717) is 11.4 Å². The number of thioether (sulfide) groups is 1. The zero-order valence-electron chi connectivity index (χ0n) is 9.18. The molecule has 1 aromatic rings. The van der Waals surface area contributed by atoms with Crippen molar-refractivity contribution >= 4 is 40.6 Å². The predicted molar refractivity (Wildman–Crippen MR) is 71.0 cm³/mol. The minimum absolute atomic E-state index is 0.00607. The molecule has 8 heteroatoms.